The number of pyridine rings is 1. The molecule has 0 radical (unpaired) electrons. The summed E-state index contributed by atoms with van der Waals surface area (Å²) in [7, 11) is 0. The molecule has 2 aromatic heterocycles. The van der Waals surface area contributed by atoms with E-state index in [1.165, 1.54) is 31.9 Å². The van der Waals surface area contributed by atoms with Gasteiger partial charge >= 0.3 is 11.9 Å². The zero-order valence-corrected chi connectivity index (χ0v) is 27.2. The summed E-state index contributed by atoms with van der Waals surface area (Å²) in [5, 5.41) is 21.1. The molecule has 0 unspecified atom stereocenters. The lowest BCUT2D eigenvalue weighted by molar-refractivity contribution is -0.160. The number of nitriles is 2. The number of anilines is 1. The number of hydrogen-bond acceptors (Lipinski definition) is 13. The lowest BCUT2D eigenvalue weighted by atomic mass is 9.95. The second kappa shape index (κ2) is 16.1. The smallest absolute Gasteiger partial charge is 0.323 e. The molecule has 2 aromatic carbocycles. The van der Waals surface area contributed by atoms with Gasteiger partial charge in [0.1, 0.15) is 59.6 Å². The number of ether oxygens (including phenoxy) is 2. The van der Waals surface area contributed by atoms with Crippen LogP contribution >= 0.6 is 23.4 Å². The molecule has 0 aliphatic carbocycles. The monoisotopic (exact) mass is 673 g/mol. The summed E-state index contributed by atoms with van der Waals surface area (Å²) < 4.78 is 16.2. The van der Waals surface area contributed by atoms with Crippen molar-refractivity contribution < 1.29 is 23.5 Å². The van der Waals surface area contributed by atoms with Gasteiger partial charge in [0.25, 0.3) is 0 Å². The van der Waals surface area contributed by atoms with Gasteiger partial charge in [0.05, 0.1) is 11.3 Å². The van der Waals surface area contributed by atoms with Gasteiger partial charge in [-0.15, -0.1) is 0 Å². The molecule has 0 fully saturated rings. The minimum absolute atomic E-state index is 0.00443. The van der Waals surface area contributed by atoms with E-state index in [9.17, 15) is 20.1 Å². The van der Waals surface area contributed by atoms with Gasteiger partial charge in [0.2, 0.25) is 5.89 Å². The van der Waals surface area contributed by atoms with Gasteiger partial charge in [0.15, 0.2) is 0 Å². The van der Waals surface area contributed by atoms with Gasteiger partial charge in [-0.05, 0) is 62.1 Å². The fraction of sp³-hybridized carbons (Fsp3) is 0.273. The van der Waals surface area contributed by atoms with Crippen LogP contribution in [0.25, 0.3) is 22.6 Å². The van der Waals surface area contributed by atoms with E-state index in [0.29, 0.717) is 51.4 Å². The average Bonchev–Trinajstić information content (AvgIpc) is 3.54. The molecule has 2 heterocycles. The molecule has 0 aliphatic rings. The number of esters is 2. The normalized spacial score (nSPS) is 12.7. The molecule has 0 spiro atoms. The predicted octanol–water partition coefficient (Wildman–Crippen LogP) is 4.76. The van der Waals surface area contributed by atoms with Crippen LogP contribution < -0.4 is 17.2 Å². The van der Waals surface area contributed by atoms with E-state index in [1.807, 2.05) is 12.1 Å². The highest BCUT2D eigenvalue weighted by atomic mass is 35.5. The van der Waals surface area contributed by atoms with Gasteiger partial charge in [-0.3, -0.25) is 9.59 Å². The second-order valence-corrected chi connectivity index (χ2v) is 12.0. The van der Waals surface area contributed by atoms with E-state index in [4.69, 9.17) is 42.7 Å². The Kier molecular flexibility index (Phi) is 11.9. The first-order chi connectivity index (χ1) is 22.5. The minimum atomic E-state index is -0.844. The highest BCUT2D eigenvalue weighted by molar-refractivity contribution is 7.98. The molecule has 0 bridgehead atoms. The summed E-state index contributed by atoms with van der Waals surface area (Å²) >= 11 is 7.22. The van der Waals surface area contributed by atoms with E-state index >= 15 is 0 Å². The number of benzene rings is 2. The first-order valence-corrected chi connectivity index (χ1v) is 15.8. The summed E-state index contributed by atoms with van der Waals surface area (Å²) in [5.41, 5.74) is 20.9. The van der Waals surface area contributed by atoms with E-state index < -0.39 is 30.1 Å². The van der Waals surface area contributed by atoms with Crippen LogP contribution in [-0.2, 0) is 31.2 Å². The molecular formula is C33H32ClN7O5S. The highest BCUT2D eigenvalue weighted by Crippen LogP contribution is 2.37. The van der Waals surface area contributed by atoms with Crippen molar-refractivity contribution in [1.29, 1.82) is 10.5 Å². The zero-order chi connectivity index (χ0) is 34.1. The first kappa shape index (κ1) is 34.9. The number of thioether (sulfide) groups is 1. The van der Waals surface area contributed by atoms with Crippen molar-refractivity contribution in [3.05, 3.63) is 82.2 Å². The molecular weight excluding hydrogens is 642 g/mol. The van der Waals surface area contributed by atoms with Crippen molar-refractivity contribution in [2.45, 2.75) is 55.7 Å². The van der Waals surface area contributed by atoms with E-state index in [2.05, 4.69) is 22.1 Å². The third-order valence-corrected chi connectivity index (χ3v) is 8.11. The van der Waals surface area contributed by atoms with Gasteiger partial charge in [-0.25, -0.2) is 9.97 Å². The number of nitrogen functional groups attached to an aromatic ring is 1. The van der Waals surface area contributed by atoms with Gasteiger partial charge < -0.3 is 31.1 Å². The second-order valence-electron chi connectivity index (χ2n) is 10.6. The van der Waals surface area contributed by atoms with Crippen LogP contribution in [0.1, 0.15) is 42.7 Å². The van der Waals surface area contributed by atoms with E-state index in [-0.39, 0.29) is 23.6 Å². The number of oxazole rings is 1. The van der Waals surface area contributed by atoms with E-state index in [1.54, 1.807) is 36.4 Å². The lowest BCUT2D eigenvalue weighted by Gasteiger charge is -2.20. The van der Waals surface area contributed by atoms with Crippen molar-refractivity contribution in [1.82, 2.24) is 9.97 Å². The Labute approximate surface area is 280 Å². The quantitative estimate of drug-likeness (QED) is 0.129. The average molecular weight is 674 g/mol. The molecule has 4 aromatic rings. The zero-order valence-electron chi connectivity index (χ0n) is 25.6. The Morgan fingerprint density at radius 2 is 1.60 bits per heavy atom. The number of halogens is 1. The molecule has 242 valence electrons. The number of rotatable bonds is 13. The van der Waals surface area contributed by atoms with Crippen LogP contribution in [-0.4, -0.2) is 46.7 Å². The molecule has 0 aliphatic heterocycles. The Balaban J connectivity index is 1.52. The molecule has 0 amide bonds. The fourth-order valence-corrected chi connectivity index (χ4v) is 5.35. The third kappa shape index (κ3) is 9.09. The highest BCUT2D eigenvalue weighted by Gasteiger charge is 2.23. The van der Waals surface area contributed by atoms with Crippen LogP contribution in [0.4, 0.5) is 5.82 Å². The lowest BCUT2D eigenvalue weighted by Crippen LogP contribution is -2.36. The molecule has 12 nitrogen and oxygen atoms in total. The third-order valence-electron chi connectivity index (χ3n) is 6.85. The fourth-order valence-electron chi connectivity index (χ4n) is 4.35. The van der Waals surface area contributed by atoms with Crippen molar-refractivity contribution in [2.75, 3.05) is 12.3 Å². The van der Waals surface area contributed by atoms with Gasteiger partial charge in [-0.2, -0.15) is 10.5 Å². The van der Waals surface area contributed by atoms with E-state index in [0.717, 1.165) is 11.1 Å². The van der Waals surface area contributed by atoms with Crippen LogP contribution in [0.3, 0.4) is 0 Å². The maximum Gasteiger partial charge on any atom is 0.323 e. The summed E-state index contributed by atoms with van der Waals surface area (Å²) in [6.07, 6.45) is 1.58. The Hall–Kier alpha value is -4.92. The first-order valence-electron chi connectivity index (χ1n) is 14.4. The predicted molar refractivity (Wildman–Crippen MR) is 176 cm³/mol. The maximum absolute atomic E-state index is 12.1. The molecule has 0 saturated carbocycles. The number of carbonyl (C=O) groups is 2. The Morgan fingerprint density at radius 1 is 0.957 bits per heavy atom. The van der Waals surface area contributed by atoms with Gasteiger partial charge in [-0.1, -0.05) is 47.6 Å². The molecule has 4 rings (SSSR count). The van der Waals surface area contributed by atoms with Crippen molar-refractivity contribution in [2.24, 2.45) is 11.5 Å². The SMILES string of the molecule is C[C@H](N)C(=O)OC[C@H](CCc1ccc(-c2c(C#N)c(N)nc(SCc3coc(-c4ccc(Cl)cc4)n3)c2C#N)cc1)OC(=O)[C@H](C)N. The summed E-state index contributed by atoms with van der Waals surface area (Å²) in [6, 6.07) is 16.9. The minimum Gasteiger partial charge on any atom is -0.461 e. The molecule has 14 heteroatoms. The summed E-state index contributed by atoms with van der Waals surface area (Å²) in [6.45, 7) is 2.83. The summed E-state index contributed by atoms with van der Waals surface area (Å²) in [5.74, 6) is -0.484. The molecule has 47 heavy (non-hydrogen) atoms. The Bertz CT molecular complexity index is 1810. The van der Waals surface area contributed by atoms with Crippen molar-refractivity contribution in [3.8, 4) is 34.7 Å². The number of aryl methyl sites for hydroxylation is 1. The number of nitrogens with two attached hydrogens (primary N) is 3. The van der Waals surface area contributed by atoms with Crippen LogP contribution in [0.15, 0.2) is 64.2 Å². The van der Waals surface area contributed by atoms with Crippen LogP contribution in [0, 0.1) is 22.7 Å². The van der Waals surface area contributed by atoms with Crippen LogP contribution in [0.2, 0.25) is 5.02 Å². The van der Waals surface area contributed by atoms with Crippen LogP contribution in [0.5, 0.6) is 0 Å². The topological polar surface area (TPSA) is 217 Å². The largest absolute Gasteiger partial charge is 0.461 e. The Morgan fingerprint density at radius 3 is 2.21 bits per heavy atom. The number of aromatic nitrogens is 2. The number of hydrogen-bond donors (Lipinski definition) is 3. The number of nitrogens with zero attached hydrogens (tertiary/aromatic N) is 4. The standard InChI is InChI=1S/C33H32ClN7O5S/c1-18(37)32(42)45-16-25(46-33(43)19(2)38)12-5-20-3-6-21(7-4-20)28-26(13-35)29(39)41-31(27(28)14-36)47-17-24-15-44-30(40-24)22-8-10-23(34)11-9-22/h3-4,6-11,15,18-19,25H,5,12,16-17,37-38H2,1-2H3,(H2,39,41)/t18-,19-,25-/m0/s1. The number of carbonyl (C=O) groups excluding carboxylic acids is 2. The van der Waals surface area contributed by atoms with Crippen molar-refractivity contribution >= 4 is 41.1 Å². The van der Waals surface area contributed by atoms with Gasteiger partial charge in [0, 0.05) is 21.9 Å². The molecule has 3 atom stereocenters. The maximum atomic E-state index is 12.1. The molecule has 0 saturated heterocycles. The summed E-state index contributed by atoms with van der Waals surface area (Å²) in [4.78, 5) is 32.9. The van der Waals surface area contributed by atoms with Crippen molar-refractivity contribution in [3.63, 3.8) is 0 Å². The molecule has 6 N–H and O–H groups in total.